The molecule has 0 saturated carbocycles. The van der Waals surface area contributed by atoms with E-state index in [1.165, 1.54) is 63.4 Å². The lowest BCUT2D eigenvalue weighted by molar-refractivity contribution is -0.154. The Labute approximate surface area is 210 Å². The molecule has 0 spiro atoms. The molecule has 2 nitrogen and oxygen atoms in total. The molecule has 0 aliphatic rings. The van der Waals surface area contributed by atoms with E-state index in [0.717, 1.165) is 18.6 Å². The van der Waals surface area contributed by atoms with Crippen LogP contribution in [-0.4, -0.2) is 17.3 Å². The molecule has 0 amide bonds. The molecule has 0 unspecified atom stereocenters. The third-order valence-electron chi connectivity index (χ3n) is 6.68. The molecule has 0 heterocycles. The number of hydrogen-bond donors (Lipinski definition) is 0. The predicted octanol–water partition coefficient (Wildman–Crippen LogP) is 9.60. The Morgan fingerprint density at radius 3 is 1.64 bits per heavy atom. The lowest BCUT2D eigenvalue weighted by atomic mass is 9.65. The molecule has 1 aromatic rings. The van der Waals surface area contributed by atoms with Crippen LogP contribution in [0, 0.1) is 10.8 Å². The van der Waals surface area contributed by atoms with Gasteiger partial charge in [-0.05, 0) is 22.8 Å². The second kappa shape index (κ2) is 15.1. The van der Waals surface area contributed by atoms with Crippen LogP contribution in [-0.2, 0) is 15.3 Å². The Balaban J connectivity index is 2.52. The molecule has 1 aromatic carbocycles. The van der Waals surface area contributed by atoms with Gasteiger partial charge in [-0.3, -0.25) is 4.79 Å². The van der Waals surface area contributed by atoms with Gasteiger partial charge < -0.3 is 4.74 Å². The molecule has 0 N–H and O–H groups in total. The fourth-order valence-corrected chi connectivity index (χ4v) is 6.65. The van der Waals surface area contributed by atoms with E-state index >= 15 is 0 Å². The molecule has 0 radical (unpaired) electrons. The number of hydrogen-bond acceptors (Lipinski definition) is 3. The molecule has 0 fully saturated rings. The van der Waals surface area contributed by atoms with Gasteiger partial charge in [0.2, 0.25) is 0 Å². The first-order valence-electron chi connectivity index (χ1n) is 13.4. The molecule has 33 heavy (non-hydrogen) atoms. The van der Waals surface area contributed by atoms with E-state index in [0.29, 0.717) is 6.61 Å². The van der Waals surface area contributed by atoms with Crippen molar-refractivity contribution in [2.45, 2.75) is 130 Å². The van der Waals surface area contributed by atoms with Crippen LogP contribution in [0.1, 0.15) is 125 Å². The SMILES string of the molecule is CCCCCCCCCCCCCOC(=O)C(SCc1ccccc1)(C(C)(C)C)C(C)(C)C. The maximum atomic E-state index is 13.6. The topological polar surface area (TPSA) is 26.3 Å². The quantitative estimate of drug-likeness (QED) is 0.175. The van der Waals surface area contributed by atoms with Crippen molar-refractivity contribution in [3.63, 3.8) is 0 Å². The first-order valence-corrected chi connectivity index (χ1v) is 14.4. The summed E-state index contributed by atoms with van der Waals surface area (Å²) in [7, 11) is 0. The molecule has 3 heteroatoms. The van der Waals surface area contributed by atoms with Crippen molar-refractivity contribution in [3.05, 3.63) is 35.9 Å². The lowest BCUT2D eigenvalue weighted by Gasteiger charge is -2.50. The monoisotopic (exact) mass is 476 g/mol. The zero-order chi connectivity index (χ0) is 24.8. The van der Waals surface area contributed by atoms with E-state index < -0.39 is 4.75 Å². The summed E-state index contributed by atoms with van der Waals surface area (Å²) >= 11 is 1.75. The normalized spacial score (nSPS) is 12.7. The number of benzene rings is 1. The third-order valence-corrected chi connectivity index (χ3v) is 8.98. The second-order valence-electron chi connectivity index (χ2n) is 11.6. The average Bonchev–Trinajstić information content (AvgIpc) is 2.73. The lowest BCUT2D eigenvalue weighted by Crippen LogP contribution is -2.57. The molecule has 0 aliphatic carbocycles. The van der Waals surface area contributed by atoms with Crippen LogP contribution >= 0.6 is 11.8 Å². The van der Waals surface area contributed by atoms with Gasteiger partial charge in [-0.25, -0.2) is 0 Å². The molecular formula is C30H52O2S. The summed E-state index contributed by atoms with van der Waals surface area (Å²) in [6, 6.07) is 10.4. The van der Waals surface area contributed by atoms with Crippen molar-refractivity contribution in [2.75, 3.05) is 6.61 Å². The van der Waals surface area contributed by atoms with E-state index in [4.69, 9.17) is 4.74 Å². The Morgan fingerprint density at radius 1 is 0.727 bits per heavy atom. The molecule has 0 aromatic heterocycles. The van der Waals surface area contributed by atoms with E-state index in [-0.39, 0.29) is 16.8 Å². The number of ether oxygens (including phenoxy) is 1. The van der Waals surface area contributed by atoms with Crippen molar-refractivity contribution in [1.29, 1.82) is 0 Å². The molecule has 0 bridgehead atoms. The van der Waals surface area contributed by atoms with Crippen LogP contribution in [0.2, 0.25) is 0 Å². The highest BCUT2D eigenvalue weighted by Gasteiger charge is 2.57. The van der Waals surface area contributed by atoms with Crippen LogP contribution in [0.25, 0.3) is 0 Å². The summed E-state index contributed by atoms with van der Waals surface area (Å²) in [6.07, 6.45) is 14.3. The maximum Gasteiger partial charge on any atom is 0.323 e. The van der Waals surface area contributed by atoms with E-state index in [1.54, 1.807) is 11.8 Å². The Kier molecular flexibility index (Phi) is 13.8. The van der Waals surface area contributed by atoms with E-state index in [1.807, 2.05) is 6.07 Å². The molecule has 0 saturated heterocycles. The molecule has 1 rings (SSSR count). The summed E-state index contributed by atoms with van der Waals surface area (Å²) in [5.74, 6) is 0.763. The second-order valence-corrected chi connectivity index (χ2v) is 12.8. The summed E-state index contributed by atoms with van der Waals surface area (Å²) in [5, 5.41) is 0. The molecule has 190 valence electrons. The van der Waals surface area contributed by atoms with Gasteiger partial charge in [0, 0.05) is 5.75 Å². The van der Waals surface area contributed by atoms with Crippen molar-refractivity contribution < 1.29 is 9.53 Å². The van der Waals surface area contributed by atoms with Crippen molar-refractivity contribution >= 4 is 17.7 Å². The minimum atomic E-state index is -0.617. The van der Waals surface area contributed by atoms with Crippen molar-refractivity contribution in [1.82, 2.24) is 0 Å². The number of esters is 1. The van der Waals surface area contributed by atoms with Crippen molar-refractivity contribution in [3.8, 4) is 0 Å². The zero-order valence-corrected chi connectivity index (χ0v) is 23.6. The van der Waals surface area contributed by atoms with E-state index in [2.05, 4.69) is 72.7 Å². The van der Waals surface area contributed by atoms with Gasteiger partial charge in [0.15, 0.2) is 0 Å². The minimum absolute atomic E-state index is 0.0458. The summed E-state index contributed by atoms with van der Waals surface area (Å²) in [4.78, 5) is 13.6. The van der Waals surface area contributed by atoms with Crippen LogP contribution in [0.5, 0.6) is 0 Å². The highest BCUT2D eigenvalue weighted by atomic mass is 32.2. The third kappa shape index (κ3) is 10.0. The number of rotatable bonds is 16. The van der Waals surface area contributed by atoms with Crippen LogP contribution in [0.3, 0.4) is 0 Å². The molecular weight excluding hydrogens is 424 g/mol. The largest absolute Gasteiger partial charge is 0.465 e. The summed E-state index contributed by atoms with van der Waals surface area (Å²) in [5.41, 5.74) is 0.802. The number of carbonyl (C=O) groups excluding carboxylic acids is 1. The molecule has 0 atom stereocenters. The molecule has 0 aliphatic heterocycles. The van der Waals surface area contributed by atoms with Gasteiger partial charge in [0.25, 0.3) is 0 Å². The van der Waals surface area contributed by atoms with E-state index in [9.17, 15) is 4.79 Å². The highest BCUT2D eigenvalue weighted by molar-refractivity contribution is 8.00. The fraction of sp³-hybridized carbons (Fsp3) is 0.767. The first kappa shape index (κ1) is 30.1. The van der Waals surface area contributed by atoms with Gasteiger partial charge in [-0.15, -0.1) is 11.8 Å². The van der Waals surface area contributed by atoms with Gasteiger partial charge in [0.05, 0.1) is 6.61 Å². The van der Waals surface area contributed by atoms with Crippen LogP contribution in [0.15, 0.2) is 30.3 Å². The van der Waals surface area contributed by atoms with Gasteiger partial charge >= 0.3 is 5.97 Å². The standard InChI is InChI=1S/C30H52O2S/c1-8-9-10-11-12-13-14-15-16-17-21-24-32-27(31)30(28(2,3)4,29(5,6)7)33-25-26-22-19-18-20-23-26/h18-20,22-23H,8-17,21,24-25H2,1-7H3. The highest BCUT2D eigenvalue weighted by Crippen LogP contribution is 2.55. The number of carbonyl (C=O) groups is 1. The summed E-state index contributed by atoms with van der Waals surface area (Å²) < 4.78 is 5.35. The van der Waals surface area contributed by atoms with Gasteiger partial charge in [-0.1, -0.05) is 143 Å². The Bertz CT molecular complexity index is 626. The smallest absolute Gasteiger partial charge is 0.323 e. The van der Waals surface area contributed by atoms with Crippen LogP contribution in [0.4, 0.5) is 0 Å². The van der Waals surface area contributed by atoms with Gasteiger partial charge in [0.1, 0.15) is 4.75 Å². The zero-order valence-electron chi connectivity index (χ0n) is 22.8. The predicted molar refractivity (Wildman–Crippen MR) is 147 cm³/mol. The first-order chi connectivity index (χ1) is 15.6. The fourth-order valence-electron chi connectivity index (χ4n) is 5.03. The maximum absolute atomic E-state index is 13.6. The summed E-state index contributed by atoms with van der Waals surface area (Å²) in [6.45, 7) is 15.9. The number of thioether (sulfide) groups is 1. The number of unbranched alkanes of at least 4 members (excludes halogenated alkanes) is 10. The van der Waals surface area contributed by atoms with Gasteiger partial charge in [-0.2, -0.15) is 0 Å². The van der Waals surface area contributed by atoms with Crippen molar-refractivity contribution in [2.24, 2.45) is 10.8 Å². The average molecular weight is 477 g/mol. The van der Waals surface area contributed by atoms with Crippen LogP contribution < -0.4 is 0 Å². The Morgan fingerprint density at radius 2 is 1.18 bits per heavy atom. The minimum Gasteiger partial charge on any atom is -0.465 e. The Hall–Kier alpha value is -0.960.